The van der Waals surface area contributed by atoms with Crippen LogP contribution in [-0.4, -0.2) is 58.8 Å². The van der Waals surface area contributed by atoms with Gasteiger partial charge in [-0.3, -0.25) is 9.69 Å². The van der Waals surface area contributed by atoms with E-state index in [1.165, 1.54) is 31.2 Å². The number of carbonyl (C=O) groups excluding carboxylic acids is 1. The Balaban J connectivity index is 1.45. The maximum absolute atomic E-state index is 12.4. The lowest BCUT2D eigenvalue weighted by atomic mass is 10.0. The average Bonchev–Trinajstić information content (AvgIpc) is 3.31. The van der Waals surface area contributed by atoms with Crippen LogP contribution in [0.15, 0.2) is 53.4 Å². The van der Waals surface area contributed by atoms with E-state index in [4.69, 9.17) is 9.47 Å². The first kappa shape index (κ1) is 24.1. The predicted octanol–water partition coefficient (Wildman–Crippen LogP) is 3.21. The van der Waals surface area contributed by atoms with E-state index in [-0.39, 0.29) is 16.8 Å². The number of hydrogen-bond donors (Lipinski definition) is 1. The molecule has 0 aliphatic carbocycles. The Morgan fingerprint density at radius 3 is 2.47 bits per heavy atom. The average molecular weight is 461 g/mol. The second-order valence-electron chi connectivity index (χ2n) is 8.04. The molecule has 1 heterocycles. The summed E-state index contributed by atoms with van der Waals surface area (Å²) in [7, 11) is -1.56. The number of hydrogen-bond acceptors (Lipinski definition) is 6. The number of nitrogens with zero attached hydrogens (tertiary/aromatic N) is 1. The molecule has 0 spiro atoms. The number of benzene rings is 2. The highest BCUT2D eigenvalue weighted by molar-refractivity contribution is 7.90. The van der Waals surface area contributed by atoms with Crippen LogP contribution in [0, 0.1) is 0 Å². The molecule has 0 radical (unpaired) electrons. The molecular weight excluding hydrogens is 428 g/mol. The molecule has 1 saturated heterocycles. The van der Waals surface area contributed by atoms with Gasteiger partial charge in [-0.05, 0) is 74.3 Å². The molecule has 1 N–H and O–H groups in total. The van der Waals surface area contributed by atoms with Gasteiger partial charge in [0.05, 0.1) is 24.7 Å². The molecule has 0 aromatic heterocycles. The quantitative estimate of drug-likeness (QED) is 0.519. The number of likely N-dealkylation sites (tertiary alicyclic amines) is 1. The fourth-order valence-electron chi connectivity index (χ4n) is 3.86. The predicted molar refractivity (Wildman–Crippen MR) is 124 cm³/mol. The van der Waals surface area contributed by atoms with Crippen molar-refractivity contribution in [2.75, 3.05) is 39.6 Å². The zero-order valence-electron chi connectivity index (χ0n) is 18.7. The van der Waals surface area contributed by atoms with Crippen molar-refractivity contribution in [1.82, 2.24) is 10.2 Å². The molecule has 0 saturated carbocycles. The van der Waals surface area contributed by atoms with Crippen LogP contribution in [0.4, 0.5) is 0 Å². The van der Waals surface area contributed by atoms with E-state index in [1.54, 1.807) is 19.2 Å². The molecule has 0 bridgehead atoms. The second kappa shape index (κ2) is 11.3. The monoisotopic (exact) mass is 460 g/mol. The molecule has 3 rings (SSSR count). The van der Waals surface area contributed by atoms with E-state index in [0.29, 0.717) is 31.7 Å². The molecule has 2 aromatic carbocycles. The van der Waals surface area contributed by atoms with Crippen molar-refractivity contribution in [3.8, 4) is 11.5 Å². The van der Waals surface area contributed by atoms with Crippen molar-refractivity contribution in [1.29, 1.82) is 0 Å². The number of methoxy groups -OCH3 is 1. The van der Waals surface area contributed by atoms with Crippen molar-refractivity contribution in [2.45, 2.75) is 36.6 Å². The fraction of sp³-hybridized carbons (Fsp3) is 0.458. The molecule has 174 valence electrons. The molecule has 1 unspecified atom stereocenters. The maximum atomic E-state index is 12.4. The second-order valence-corrected chi connectivity index (χ2v) is 10.1. The van der Waals surface area contributed by atoms with Crippen molar-refractivity contribution in [3.05, 3.63) is 54.1 Å². The number of amides is 1. The Morgan fingerprint density at radius 2 is 1.81 bits per heavy atom. The topological polar surface area (TPSA) is 84.9 Å². The molecule has 8 heteroatoms. The zero-order chi connectivity index (χ0) is 23.0. The summed E-state index contributed by atoms with van der Waals surface area (Å²) in [6, 6.07) is 14.5. The van der Waals surface area contributed by atoms with E-state index in [2.05, 4.69) is 16.3 Å². The maximum Gasteiger partial charge on any atom is 0.220 e. The minimum Gasteiger partial charge on any atom is -0.497 e. The summed E-state index contributed by atoms with van der Waals surface area (Å²) >= 11 is 0. The van der Waals surface area contributed by atoms with Gasteiger partial charge in [-0.1, -0.05) is 12.1 Å². The standard InChI is InChI=1S/C24H32N2O5S/c1-30-21-8-5-7-19(17-21)23(26-14-3-4-15-26)18-25-24(27)9-6-16-31-20-10-12-22(13-11-20)32(2,28)29/h5,7-8,10-13,17,23H,3-4,6,9,14-16,18H2,1-2H3,(H,25,27). The van der Waals surface area contributed by atoms with Crippen LogP contribution in [0.25, 0.3) is 0 Å². The van der Waals surface area contributed by atoms with Gasteiger partial charge >= 0.3 is 0 Å². The lowest BCUT2D eigenvalue weighted by Gasteiger charge is -2.28. The molecule has 7 nitrogen and oxygen atoms in total. The van der Waals surface area contributed by atoms with E-state index >= 15 is 0 Å². The highest BCUT2D eigenvalue weighted by Gasteiger charge is 2.24. The van der Waals surface area contributed by atoms with E-state index in [1.807, 2.05) is 18.2 Å². The van der Waals surface area contributed by atoms with Gasteiger partial charge < -0.3 is 14.8 Å². The van der Waals surface area contributed by atoms with Crippen LogP contribution in [0.5, 0.6) is 11.5 Å². The molecule has 32 heavy (non-hydrogen) atoms. The van der Waals surface area contributed by atoms with Gasteiger partial charge in [0.1, 0.15) is 11.5 Å². The Bertz CT molecular complexity index is 986. The highest BCUT2D eigenvalue weighted by Crippen LogP contribution is 2.27. The first-order chi connectivity index (χ1) is 15.4. The van der Waals surface area contributed by atoms with Crippen LogP contribution in [0.2, 0.25) is 0 Å². The van der Waals surface area contributed by atoms with Gasteiger partial charge in [0, 0.05) is 19.2 Å². The van der Waals surface area contributed by atoms with Crippen molar-refractivity contribution in [3.63, 3.8) is 0 Å². The Kier molecular flexibility index (Phi) is 8.53. The Morgan fingerprint density at radius 1 is 1.09 bits per heavy atom. The van der Waals surface area contributed by atoms with Crippen molar-refractivity contribution < 1.29 is 22.7 Å². The summed E-state index contributed by atoms with van der Waals surface area (Å²) in [5.41, 5.74) is 1.15. The van der Waals surface area contributed by atoms with Gasteiger partial charge in [-0.25, -0.2) is 8.42 Å². The lowest BCUT2D eigenvalue weighted by molar-refractivity contribution is -0.121. The first-order valence-corrected chi connectivity index (χ1v) is 12.8. The van der Waals surface area contributed by atoms with Gasteiger partial charge in [0.2, 0.25) is 5.91 Å². The van der Waals surface area contributed by atoms with Crippen LogP contribution < -0.4 is 14.8 Å². The number of sulfone groups is 1. The van der Waals surface area contributed by atoms with E-state index in [9.17, 15) is 13.2 Å². The Hall–Kier alpha value is -2.58. The third-order valence-corrected chi connectivity index (χ3v) is 6.75. The molecule has 1 aliphatic heterocycles. The zero-order valence-corrected chi connectivity index (χ0v) is 19.6. The first-order valence-electron chi connectivity index (χ1n) is 10.9. The number of nitrogens with one attached hydrogen (secondary N) is 1. The molecule has 1 amide bonds. The lowest BCUT2D eigenvalue weighted by Crippen LogP contribution is -2.36. The molecule has 1 aliphatic rings. The Labute approximate surface area is 190 Å². The summed E-state index contributed by atoms with van der Waals surface area (Å²) in [5.74, 6) is 1.40. The summed E-state index contributed by atoms with van der Waals surface area (Å²) < 4.78 is 34.0. The van der Waals surface area contributed by atoms with Gasteiger partial charge in [0.25, 0.3) is 0 Å². The van der Waals surface area contributed by atoms with Gasteiger partial charge in [-0.2, -0.15) is 0 Å². The fourth-order valence-corrected chi connectivity index (χ4v) is 4.50. The van der Waals surface area contributed by atoms with E-state index in [0.717, 1.165) is 24.4 Å². The minimum absolute atomic E-state index is 0.00637. The third kappa shape index (κ3) is 6.97. The largest absolute Gasteiger partial charge is 0.497 e. The smallest absolute Gasteiger partial charge is 0.220 e. The van der Waals surface area contributed by atoms with Crippen LogP contribution >= 0.6 is 0 Å². The van der Waals surface area contributed by atoms with Crippen LogP contribution in [0.1, 0.15) is 37.3 Å². The highest BCUT2D eigenvalue weighted by atomic mass is 32.2. The number of carbonyl (C=O) groups is 1. The van der Waals surface area contributed by atoms with Gasteiger partial charge in [-0.15, -0.1) is 0 Å². The van der Waals surface area contributed by atoms with Crippen molar-refractivity contribution >= 4 is 15.7 Å². The molecular formula is C24H32N2O5S. The third-order valence-electron chi connectivity index (χ3n) is 5.62. The number of rotatable bonds is 11. The van der Waals surface area contributed by atoms with Gasteiger partial charge in [0.15, 0.2) is 9.84 Å². The van der Waals surface area contributed by atoms with Crippen LogP contribution in [0.3, 0.4) is 0 Å². The summed E-state index contributed by atoms with van der Waals surface area (Å²) in [5, 5.41) is 3.07. The number of ether oxygens (including phenoxy) is 2. The molecule has 1 fully saturated rings. The normalized spacial score (nSPS) is 15.3. The van der Waals surface area contributed by atoms with Crippen molar-refractivity contribution in [2.24, 2.45) is 0 Å². The molecule has 1 atom stereocenters. The summed E-state index contributed by atoms with van der Waals surface area (Å²) in [6.07, 6.45) is 4.47. The SMILES string of the molecule is COc1cccc(C(CNC(=O)CCCOc2ccc(S(C)(=O)=O)cc2)N2CCCC2)c1. The molecule has 2 aromatic rings. The van der Waals surface area contributed by atoms with Crippen LogP contribution in [-0.2, 0) is 14.6 Å². The summed E-state index contributed by atoms with van der Waals surface area (Å²) in [6.45, 7) is 3.00. The summed E-state index contributed by atoms with van der Waals surface area (Å²) in [4.78, 5) is 15.1. The van der Waals surface area contributed by atoms with E-state index < -0.39 is 9.84 Å². The minimum atomic E-state index is -3.22.